The molecule has 0 aliphatic heterocycles. The molecule has 0 aliphatic carbocycles. The standard InChI is InChI=1S/C15H17FN2O/c1-17-7-6-13(10-17)15(19)11-18(2)9-12-4-3-5-14(16)8-12/h3-8,10H,9,11H2,1-2H3. The molecule has 1 aromatic carbocycles. The lowest BCUT2D eigenvalue weighted by Gasteiger charge is -2.15. The number of Topliss-reactive ketones (excluding diaryl/α,β-unsaturated/α-hetero) is 1. The predicted octanol–water partition coefficient (Wildman–Crippen LogP) is 2.48. The monoisotopic (exact) mass is 260 g/mol. The summed E-state index contributed by atoms with van der Waals surface area (Å²) < 4.78 is 14.9. The summed E-state index contributed by atoms with van der Waals surface area (Å²) in [6, 6.07) is 8.24. The molecular weight excluding hydrogens is 243 g/mol. The highest BCUT2D eigenvalue weighted by Crippen LogP contribution is 2.08. The molecule has 0 fully saturated rings. The number of halogens is 1. The molecule has 4 heteroatoms. The van der Waals surface area contributed by atoms with Crippen molar-refractivity contribution in [2.24, 2.45) is 7.05 Å². The van der Waals surface area contributed by atoms with Gasteiger partial charge in [-0.05, 0) is 30.8 Å². The first-order valence-corrected chi connectivity index (χ1v) is 6.13. The van der Waals surface area contributed by atoms with Gasteiger partial charge in [-0.2, -0.15) is 0 Å². The third-order valence-corrected chi connectivity index (χ3v) is 2.91. The van der Waals surface area contributed by atoms with E-state index in [1.807, 2.05) is 35.8 Å². The van der Waals surface area contributed by atoms with Crippen LogP contribution in [-0.2, 0) is 13.6 Å². The summed E-state index contributed by atoms with van der Waals surface area (Å²) in [5, 5.41) is 0. The second kappa shape index (κ2) is 5.80. The summed E-state index contributed by atoms with van der Waals surface area (Å²) in [4.78, 5) is 13.9. The normalized spacial score (nSPS) is 10.9. The zero-order valence-corrected chi connectivity index (χ0v) is 11.1. The van der Waals surface area contributed by atoms with E-state index in [4.69, 9.17) is 0 Å². The number of ketones is 1. The predicted molar refractivity (Wildman–Crippen MR) is 72.5 cm³/mol. The smallest absolute Gasteiger partial charge is 0.178 e. The van der Waals surface area contributed by atoms with E-state index in [1.54, 1.807) is 18.3 Å². The fourth-order valence-electron chi connectivity index (χ4n) is 2.01. The molecule has 0 unspecified atom stereocenters. The molecule has 0 N–H and O–H groups in total. The average molecular weight is 260 g/mol. The van der Waals surface area contributed by atoms with Crippen LogP contribution in [0.15, 0.2) is 42.7 Å². The van der Waals surface area contributed by atoms with Gasteiger partial charge < -0.3 is 4.57 Å². The maximum absolute atomic E-state index is 13.1. The lowest BCUT2D eigenvalue weighted by Crippen LogP contribution is -2.25. The van der Waals surface area contributed by atoms with Crippen molar-refractivity contribution >= 4 is 5.78 Å². The number of nitrogens with zero attached hydrogens (tertiary/aromatic N) is 2. The van der Waals surface area contributed by atoms with E-state index in [-0.39, 0.29) is 11.6 Å². The zero-order valence-electron chi connectivity index (χ0n) is 11.1. The fourth-order valence-corrected chi connectivity index (χ4v) is 2.01. The first-order valence-electron chi connectivity index (χ1n) is 6.13. The Balaban J connectivity index is 1.94. The van der Waals surface area contributed by atoms with Crippen molar-refractivity contribution in [2.45, 2.75) is 6.54 Å². The van der Waals surface area contributed by atoms with Gasteiger partial charge in [0.2, 0.25) is 0 Å². The number of carbonyl (C=O) groups is 1. The molecule has 0 spiro atoms. The van der Waals surface area contributed by atoms with Gasteiger partial charge in [0.1, 0.15) is 5.82 Å². The van der Waals surface area contributed by atoms with Crippen LogP contribution < -0.4 is 0 Å². The number of rotatable bonds is 5. The third-order valence-electron chi connectivity index (χ3n) is 2.91. The number of carbonyl (C=O) groups excluding carboxylic acids is 1. The van der Waals surface area contributed by atoms with Gasteiger partial charge in [0.15, 0.2) is 5.78 Å². The van der Waals surface area contributed by atoms with Crippen molar-refractivity contribution in [3.63, 3.8) is 0 Å². The molecule has 0 bridgehead atoms. The topological polar surface area (TPSA) is 25.2 Å². The summed E-state index contributed by atoms with van der Waals surface area (Å²) >= 11 is 0. The lowest BCUT2D eigenvalue weighted by atomic mass is 10.2. The minimum absolute atomic E-state index is 0.0690. The van der Waals surface area contributed by atoms with Gasteiger partial charge >= 0.3 is 0 Å². The van der Waals surface area contributed by atoms with Crippen LogP contribution in [0.2, 0.25) is 0 Å². The summed E-state index contributed by atoms with van der Waals surface area (Å²) in [6.45, 7) is 0.872. The third kappa shape index (κ3) is 3.76. The maximum Gasteiger partial charge on any atom is 0.178 e. The molecule has 0 radical (unpaired) electrons. The van der Waals surface area contributed by atoms with Gasteiger partial charge in [-0.25, -0.2) is 4.39 Å². The van der Waals surface area contributed by atoms with E-state index in [2.05, 4.69) is 0 Å². The molecular formula is C15H17FN2O. The molecule has 0 amide bonds. The largest absolute Gasteiger partial charge is 0.357 e. The van der Waals surface area contributed by atoms with E-state index in [0.717, 1.165) is 5.56 Å². The Hall–Kier alpha value is -1.94. The molecule has 1 aromatic heterocycles. The van der Waals surface area contributed by atoms with E-state index < -0.39 is 0 Å². The van der Waals surface area contributed by atoms with Gasteiger partial charge in [-0.1, -0.05) is 12.1 Å². The zero-order chi connectivity index (χ0) is 13.8. The average Bonchev–Trinajstić information content (AvgIpc) is 2.75. The van der Waals surface area contributed by atoms with Crippen molar-refractivity contribution in [3.05, 3.63) is 59.7 Å². The van der Waals surface area contributed by atoms with Gasteiger partial charge in [0.25, 0.3) is 0 Å². The van der Waals surface area contributed by atoms with Crippen LogP contribution in [0.1, 0.15) is 15.9 Å². The van der Waals surface area contributed by atoms with Crippen LogP contribution in [0.3, 0.4) is 0 Å². The van der Waals surface area contributed by atoms with E-state index in [0.29, 0.717) is 18.7 Å². The quantitative estimate of drug-likeness (QED) is 0.772. The summed E-state index contributed by atoms with van der Waals surface area (Å²) in [6.07, 6.45) is 3.65. The lowest BCUT2D eigenvalue weighted by molar-refractivity contribution is 0.0943. The first-order chi connectivity index (χ1) is 9.04. The minimum Gasteiger partial charge on any atom is -0.357 e. The van der Waals surface area contributed by atoms with Gasteiger partial charge in [-0.3, -0.25) is 9.69 Å². The highest BCUT2D eigenvalue weighted by atomic mass is 19.1. The van der Waals surface area contributed by atoms with Crippen molar-refractivity contribution < 1.29 is 9.18 Å². The molecule has 100 valence electrons. The van der Waals surface area contributed by atoms with Crippen LogP contribution in [0, 0.1) is 5.82 Å². The van der Waals surface area contributed by atoms with E-state index in [9.17, 15) is 9.18 Å². The number of hydrogen-bond donors (Lipinski definition) is 0. The molecule has 2 rings (SSSR count). The summed E-state index contributed by atoms with van der Waals surface area (Å²) in [7, 11) is 3.74. The van der Waals surface area contributed by atoms with Gasteiger partial charge in [0.05, 0.1) is 6.54 Å². The Kier molecular flexibility index (Phi) is 4.12. The van der Waals surface area contributed by atoms with E-state index in [1.165, 1.54) is 12.1 Å². The maximum atomic E-state index is 13.1. The van der Waals surface area contributed by atoms with Crippen molar-refractivity contribution in [1.82, 2.24) is 9.47 Å². The van der Waals surface area contributed by atoms with Crippen LogP contribution in [0.4, 0.5) is 4.39 Å². The second-order valence-corrected chi connectivity index (χ2v) is 4.79. The number of aromatic nitrogens is 1. The SMILES string of the molecule is CN(CC(=O)c1ccn(C)c1)Cc1cccc(F)c1. The highest BCUT2D eigenvalue weighted by Gasteiger charge is 2.10. The van der Waals surface area contributed by atoms with E-state index >= 15 is 0 Å². The Bertz CT molecular complexity index is 577. The Labute approximate surface area is 112 Å². The van der Waals surface area contributed by atoms with Crippen LogP contribution in [-0.4, -0.2) is 28.8 Å². The molecule has 2 aromatic rings. The minimum atomic E-state index is -0.250. The van der Waals surface area contributed by atoms with Crippen LogP contribution >= 0.6 is 0 Å². The highest BCUT2D eigenvalue weighted by molar-refractivity contribution is 5.97. The molecule has 3 nitrogen and oxygen atoms in total. The Morgan fingerprint density at radius 2 is 2.16 bits per heavy atom. The van der Waals surface area contributed by atoms with Crippen molar-refractivity contribution in [3.8, 4) is 0 Å². The Morgan fingerprint density at radius 3 is 2.79 bits per heavy atom. The number of benzene rings is 1. The molecule has 0 saturated carbocycles. The second-order valence-electron chi connectivity index (χ2n) is 4.79. The molecule has 1 heterocycles. The molecule has 0 aliphatic rings. The van der Waals surface area contributed by atoms with Gasteiger partial charge in [-0.15, -0.1) is 0 Å². The van der Waals surface area contributed by atoms with Gasteiger partial charge in [0, 0.05) is 31.5 Å². The van der Waals surface area contributed by atoms with Crippen LogP contribution in [0.5, 0.6) is 0 Å². The molecule has 0 atom stereocenters. The Morgan fingerprint density at radius 1 is 1.37 bits per heavy atom. The first kappa shape index (κ1) is 13.5. The van der Waals surface area contributed by atoms with Crippen LogP contribution in [0.25, 0.3) is 0 Å². The van der Waals surface area contributed by atoms with Crippen molar-refractivity contribution in [2.75, 3.05) is 13.6 Å². The fraction of sp³-hybridized carbons (Fsp3) is 0.267. The summed E-state index contributed by atoms with van der Waals surface area (Å²) in [5.74, 6) is -0.181. The molecule has 0 saturated heterocycles. The summed E-state index contributed by atoms with van der Waals surface area (Å²) in [5.41, 5.74) is 1.57. The number of hydrogen-bond acceptors (Lipinski definition) is 2. The van der Waals surface area contributed by atoms with Crippen molar-refractivity contribution in [1.29, 1.82) is 0 Å². The number of aryl methyl sites for hydroxylation is 1. The number of likely N-dealkylation sites (N-methyl/N-ethyl adjacent to an activating group) is 1. The molecule has 19 heavy (non-hydrogen) atoms.